The first-order valence-corrected chi connectivity index (χ1v) is 11.4. The summed E-state index contributed by atoms with van der Waals surface area (Å²) in [6, 6.07) is 10.8. The number of nitrogens with zero attached hydrogens (tertiary/aromatic N) is 1. The summed E-state index contributed by atoms with van der Waals surface area (Å²) in [5.41, 5.74) is 8.15. The molecule has 0 aromatic heterocycles. The van der Waals surface area contributed by atoms with Crippen molar-refractivity contribution in [1.82, 2.24) is 5.32 Å². The molecule has 2 aliphatic heterocycles. The molecule has 0 bridgehead atoms. The highest BCUT2D eigenvalue weighted by Gasteiger charge is 2.42. The lowest BCUT2D eigenvalue weighted by Crippen LogP contribution is -2.43. The normalized spacial score (nSPS) is 20.0. The molecule has 0 saturated carbocycles. The number of ether oxygens (including phenoxy) is 1. The van der Waals surface area contributed by atoms with E-state index in [-0.39, 0.29) is 17.6 Å². The van der Waals surface area contributed by atoms with E-state index in [1.165, 1.54) is 11.1 Å². The van der Waals surface area contributed by atoms with Crippen molar-refractivity contribution in [3.05, 3.63) is 52.6 Å². The number of benzene rings is 2. The van der Waals surface area contributed by atoms with Crippen molar-refractivity contribution in [1.29, 1.82) is 0 Å². The Morgan fingerprint density at radius 2 is 2.00 bits per heavy atom. The summed E-state index contributed by atoms with van der Waals surface area (Å²) < 4.78 is 5.39. The summed E-state index contributed by atoms with van der Waals surface area (Å²) in [5.74, 6) is -0.0147. The van der Waals surface area contributed by atoms with Crippen LogP contribution in [0.2, 0.25) is 0 Å². The average molecular weight is 421 g/mol. The number of rotatable bonds is 5. The van der Waals surface area contributed by atoms with Gasteiger partial charge in [0.15, 0.2) is 0 Å². The van der Waals surface area contributed by atoms with Crippen molar-refractivity contribution in [2.45, 2.75) is 51.2 Å². The minimum atomic E-state index is -0.0147. The van der Waals surface area contributed by atoms with Crippen molar-refractivity contribution in [3.63, 3.8) is 0 Å². The Kier molecular flexibility index (Phi) is 5.05. The Labute approximate surface area is 184 Å². The van der Waals surface area contributed by atoms with Gasteiger partial charge in [-0.2, -0.15) is 0 Å². The number of carbonyl (C=O) groups excluding carboxylic acids is 1. The summed E-state index contributed by atoms with van der Waals surface area (Å²) >= 11 is 0. The quantitative estimate of drug-likeness (QED) is 0.646. The minimum absolute atomic E-state index is 0.0147. The Balaban J connectivity index is 1.49. The monoisotopic (exact) mass is 420 g/mol. The SMILES string of the molecule is CCOCCNC(=O)c1cc2c(c3c1CCC1(Cc4ccccc4C1)N3)NC(C)N2C. The van der Waals surface area contributed by atoms with Gasteiger partial charge in [0.05, 0.1) is 29.8 Å². The maximum atomic E-state index is 13.1. The minimum Gasteiger partial charge on any atom is -0.380 e. The van der Waals surface area contributed by atoms with Crippen LogP contribution in [-0.2, 0) is 24.0 Å². The van der Waals surface area contributed by atoms with E-state index < -0.39 is 0 Å². The second-order valence-corrected chi connectivity index (χ2v) is 9.08. The molecule has 1 unspecified atom stereocenters. The first-order chi connectivity index (χ1) is 15.0. The third kappa shape index (κ3) is 3.43. The number of hydrogen-bond donors (Lipinski definition) is 3. The number of hydrogen-bond acceptors (Lipinski definition) is 5. The molecular formula is C25H32N4O2. The van der Waals surface area contributed by atoms with Gasteiger partial charge in [0.1, 0.15) is 0 Å². The molecule has 6 nitrogen and oxygen atoms in total. The van der Waals surface area contributed by atoms with Crippen LogP contribution < -0.4 is 20.9 Å². The highest BCUT2D eigenvalue weighted by molar-refractivity contribution is 6.03. The summed E-state index contributed by atoms with van der Waals surface area (Å²) in [4.78, 5) is 15.3. The molecule has 6 heteroatoms. The molecule has 1 amide bonds. The van der Waals surface area contributed by atoms with Crippen LogP contribution in [0.25, 0.3) is 0 Å². The van der Waals surface area contributed by atoms with E-state index in [9.17, 15) is 4.79 Å². The standard InChI is InChI=1S/C25H32N4O2/c1-4-31-12-11-26-24(30)20-13-21-23(27-16(2)29(21)3)22-19(20)9-10-25(28-22)14-17-7-5-6-8-18(17)15-25/h5-8,13,16,27-28H,4,9-12,14-15H2,1-3H3,(H,26,30). The molecule has 2 heterocycles. The molecule has 0 radical (unpaired) electrons. The van der Waals surface area contributed by atoms with Gasteiger partial charge < -0.3 is 25.6 Å². The van der Waals surface area contributed by atoms with Crippen LogP contribution in [0.4, 0.5) is 17.1 Å². The fraction of sp³-hybridized carbons (Fsp3) is 0.480. The molecule has 0 fully saturated rings. The third-order valence-corrected chi connectivity index (χ3v) is 7.13. The van der Waals surface area contributed by atoms with E-state index in [4.69, 9.17) is 4.74 Å². The van der Waals surface area contributed by atoms with Gasteiger partial charge >= 0.3 is 0 Å². The first kappa shape index (κ1) is 20.2. The molecule has 2 aromatic rings. The van der Waals surface area contributed by atoms with Crippen molar-refractivity contribution in [3.8, 4) is 0 Å². The van der Waals surface area contributed by atoms with Crippen molar-refractivity contribution in [2.24, 2.45) is 0 Å². The fourth-order valence-electron chi connectivity index (χ4n) is 5.38. The Morgan fingerprint density at radius 1 is 1.26 bits per heavy atom. The predicted octanol–water partition coefficient (Wildman–Crippen LogP) is 3.56. The molecular weight excluding hydrogens is 388 g/mol. The lowest BCUT2D eigenvalue weighted by molar-refractivity contribution is 0.0921. The highest BCUT2D eigenvalue weighted by Crippen LogP contribution is 2.49. The summed E-state index contributed by atoms with van der Waals surface area (Å²) in [7, 11) is 2.08. The maximum absolute atomic E-state index is 13.1. The second-order valence-electron chi connectivity index (χ2n) is 9.08. The molecule has 2 aromatic carbocycles. The molecule has 1 aliphatic carbocycles. The second kappa shape index (κ2) is 7.75. The van der Waals surface area contributed by atoms with Crippen LogP contribution in [0.3, 0.4) is 0 Å². The molecule has 0 saturated heterocycles. The largest absolute Gasteiger partial charge is 0.380 e. The van der Waals surface area contributed by atoms with Crippen LogP contribution in [0, 0.1) is 0 Å². The molecule has 5 rings (SSSR count). The van der Waals surface area contributed by atoms with E-state index >= 15 is 0 Å². The van der Waals surface area contributed by atoms with Crippen molar-refractivity contribution >= 4 is 23.0 Å². The van der Waals surface area contributed by atoms with Gasteiger partial charge in [-0.3, -0.25) is 4.79 Å². The fourth-order valence-corrected chi connectivity index (χ4v) is 5.38. The number of carbonyl (C=O) groups is 1. The van der Waals surface area contributed by atoms with E-state index in [1.54, 1.807) is 0 Å². The Hall–Kier alpha value is -2.73. The van der Waals surface area contributed by atoms with Gasteiger partial charge in [0.2, 0.25) is 0 Å². The van der Waals surface area contributed by atoms with Crippen LogP contribution in [0.15, 0.2) is 30.3 Å². The summed E-state index contributed by atoms with van der Waals surface area (Å²) in [6.07, 6.45) is 4.19. The van der Waals surface area contributed by atoms with Gasteiger partial charge in [-0.05, 0) is 62.3 Å². The summed E-state index contributed by atoms with van der Waals surface area (Å²) in [6.45, 7) is 5.83. The number of amides is 1. The zero-order valence-corrected chi connectivity index (χ0v) is 18.7. The Morgan fingerprint density at radius 3 is 2.71 bits per heavy atom. The third-order valence-electron chi connectivity index (χ3n) is 7.13. The lowest BCUT2D eigenvalue weighted by atomic mass is 9.81. The van der Waals surface area contributed by atoms with Crippen molar-refractivity contribution < 1.29 is 9.53 Å². The topological polar surface area (TPSA) is 65.6 Å². The Bertz CT molecular complexity index is 994. The van der Waals surface area contributed by atoms with Gasteiger partial charge in [-0.15, -0.1) is 0 Å². The molecule has 1 spiro atoms. The van der Waals surface area contributed by atoms with Crippen LogP contribution in [-0.4, -0.2) is 44.4 Å². The smallest absolute Gasteiger partial charge is 0.251 e. The zero-order chi connectivity index (χ0) is 21.6. The van der Waals surface area contributed by atoms with Gasteiger partial charge in [0.25, 0.3) is 5.91 Å². The van der Waals surface area contributed by atoms with E-state index in [0.29, 0.717) is 19.8 Å². The maximum Gasteiger partial charge on any atom is 0.251 e. The molecule has 3 N–H and O–H groups in total. The van der Waals surface area contributed by atoms with E-state index in [2.05, 4.69) is 65.2 Å². The predicted molar refractivity (Wildman–Crippen MR) is 125 cm³/mol. The van der Waals surface area contributed by atoms with Gasteiger partial charge in [-0.25, -0.2) is 0 Å². The van der Waals surface area contributed by atoms with Gasteiger partial charge in [0, 0.05) is 31.3 Å². The highest BCUT2D eigenvalue weighted by atomic mass is 16.5. The number of anilines is 3. The van der Waals surface area contributed by atoms with E-state index in [1.807, 2.05) is 6.92 Å². The van der Waals surface area contributed by atoms with Crippen LogP contribution >= 0.6 is 0 Å². The zero-order valence-electron chi connectivity index (χ0n) is 18.7. The molecule has 164 valence electrons. The molecule has 1 atom stereocenters. The van der Waals surface area contributed by atoms with Gasteiger partial charge in [-0.1, -0.05) is 24.3 Å². The number of fused-ring (bicyclic) bond motifs is 4. The molecule has 3 aliphatic rings. The van der Waals surface area contributed by atoms with E-state index in [0.717, 1.165) is 53.9 Å². The lowest BCUT2D eigenvalue weighted by Gasteiger charge is -2.38. The first-order valence-electron chi connectivity index (χ1n) is 11.4. The number of nitrogens with one attached hydrogen (secondary N) is 3. The molecule has 31 heavy (non-hydrogen) atoms. The van der Waals surface area contributed by atoms with Crippen molar-refractivity contribution in [2.75, 3.05) is 42.3 Å². The van der Waals surface area contributed by atoms with Crippen LogP contribution in [0.1, 0.15) is 47.3 Å². The van der Waals surface area contributed by atoms with Crippen LogP contribution in [0.5, 0.6) is 0 Å². The summed E-state index contributed by atoms with van der Waals surface area (Å²) in [5, 5.41) is 10.6. The average Bonchev–Trinajstić information content (AvgIpc) is 3.27.